The lowest BCUT2D eigenvalue weighted by atomic mass is 9.97. The molecule has 11 heteroatoms. The number of halogens is 3. The molecule has 32 heavy (non-hydrogen) atoms. The molecule has 0 saturated carbocycles. The Bertz CT molecular complexity index is 1210. The van der Waals surface area contributed by atoms with Crippen LogP contribution in [0.2, 0.25) is 0 Å². The molecule has 0 saturated heterocycles. The van der Waals surface area contributed by atoms with Crippen molar-refractivity contribution in [1.82, 2.24) is 14.6 Å². The van der Waals surface area contributed by atoms with Crippen LogP contribution in [0.4, 0.5) is 13.2 Å². The van der Waals surface area contributed by atoms with Crippen LogP contribution in [0.15, 0.2) is 35.4 Å². The van der Waals surface area contributed by atoms with Crippen molar-refractivity contribution in [3.63, 3.8) is 0 Å². The lowest BCUT2D eigenvalue weighted by molar-refractivity contribution is -0.140. The first kappa shape index (κ1) is 24.0. The van der Waals surface area contributed by atoms with Gasteiger partial charge in [0.15, 0.2) is 5.65 Å². The third-order valence-corrected chi connectivity index (χ3v) is 5.89. The molecule has 0 radical (unpaired) electrons. The van der Waals surface area contributed by atoms with E-state index in [4.69, 9.17) is 9.88 Å². The zero-order valence-electron chi connectivity index (χ0n) is 17.8. The molecule has 3 rings (SSSR count). The molecule has 2 aromatic heterocycles. The summed E-state index contributed by atoms with van der Waals surface area (Å²) in [6, 6.07) is 5.54. The number of benzene rings is 1. The Balaban J connectivity index is 2.16. The van der Waals surface area contributed by atoms with Gasteiger partial charge in [0, 0.05) is 11.6 Å². The number of fused-ring (bicyclic) bond motifs is 1. The molecule has 0 spiro atoms. The van der Waals surface area contributed by atoms with Crippen LogP contribution in [-0.2, 0) is 22.6 Å². The van der Waals surface area contributed by atoms with Crippen LogP contribution in [0.25, 0.3) is 16.9 Å². The maximum absolute atomic E-state index is 13.9. The first-order valence-corrected chi connectivity index (χ1v) is 11.9. The van der Waals surface area contributed by atoms with E-state index in [0.29, 0.717) is 24.6 Å². The van der Waals surface area contributed by atoms with Gasteiger partial charge in [-0.3, -0.25) is 0 Å². The largest absolute Gasteiger partial charge is 0.477 e. The average molecular weight is 471 g/mol. The van der Waals surface area contributed by atoms with Gasteiger partial charge in [-0.25, -0.2) is 23.1 Å². The van der Waals surface area contributed by atoms with Gasteiger partial charge in [0.1, 0.15) is 0 Å². The van der Waals surface area contributed by atoms with Crippen LogP contribution < -0.4 is 9.88 Å². The first-order valence-electron chi connectivity index (χ1n) is 10.3. The number of aromatic nitrogens is 3. The van der Waals surface area contributed by atoms with Crippen molar-refractivity contribution in [1.29, 1.82) is 0 Å². The SMILES string of the molecule is CCCCCCc1cc(-c2cn3nc(OCC)ccc3n2)cc(S(N)(=O)=O)c1C(F)(F)F. The van der Waals surface area contributed by atoms with Gasteiger partial charge in [0.25, 0.3) is 0 Å². The van der Waals surface area contributed by atoms with Crippen LogP contribution >= 0.6 is 0 Å². The Kier molecular flexibility index (Phi) is 7.09. The van der Waals surface area contributed by atoms with Crippen LogP contribution in [0.1, 0.15) is 50.7 Å². The summed E-state index contributed by atoms with van der Waals surface area (Å²) in [5, 5.41) is 9.43. The number of unbranched alkanes of at least 4 members (excludes halogenated alkanes) is 3. The highest BCUT2D eigenvalue weighted by Gasteiger charge is 2.39. The van der Waals surface area contributed by atoms with Crippen molar-refractivity contribution in [3.05, 3.63) is 41.6 Å². The normalized spacial score (nSPS) is 12.4. The smallest absolute Gasteiger partial charge is 0.417 e. The number of sulfonamides is 1. The van der Waals surface area contributed by atoms with E-state index in [1.165, 1.54) is 16.8 Å². The van der Waals surface area contributed by atoms with E-state index in [9.17, 15) is 21.6 Å². The van der Waals surface area contributed by atoms with Gasteiger partial charge < -0.3 is 4.74 Å². The van der Waals surface area contributed by atoms with Crippen molar-refractivity contribution in [2.45, 2.75) is 57.0 Å². The van der Waals surface area contributed by atoms with Crippen molar-refractivity contribution in [3.8, 4) is 17.1 Å². The molecule has 0 aliphatic heterocycles. The van der Waals surface area contributed by atoms with Crippen molar-refractivity contribution in [2.75, 3.05) is 6.61 Å². The highest BCUT2D eigenvalue weighted by atomic mass is 32.2. The highest BCUT2D eigenvalue weighted by Crippen LogP contribution is 2.39. The summed E-state index contributed by atoms with van der Waals surface area (Å²) in [7, 11) is -4.64. The van der Waals surface area contributed by atoms with E-state index in [-0.39, 0.29) is 23.2 Å². The minimum atomic E-state index is -4.87. The lowest BCUT2D eigenvalue weighted by Crippen LogP contribution is -2.21. The number of nitrogens with zero attached hydrogens (tertiary/aromatic N) is 3. The summed E-state index contributed by atoms with van der Waals surface area (Å²) < 4.78 is 72.6. The predicted molar refractivity (Wildman–Crippen MR) is 114 cm³/mol. The number of imidazole rings is 1. The number of aryl methyl sites for hydroxylation is 1. The number of hydrogen-bond acceptors (Lipinski definition) is 5. The number of alkyl halides is 3. The molecule has 0 aliphatic carbocycles. The fourth-order valence-electron chi connectivity index (χ4n) is 3.54. The molecule has 0 atom stereocenters. The van der Waals surface area contributed by atoms with Crippen LogP contribution in [-0.4, -0.2) is 29.6 Å². The van der Waals surface area contributed by atoms with Gasteiger partial charge in [-0.2, -0.15) is 13.2 Å². The van der Waals surface area contributed by atoms with E-state index >= 15 is 0 Å². The molecule has 0 fully saturated rings. The standard InChI is InChI=1S/C21H25F3N4O3S/c1-3-5-6-7-8-14-11-15(12-17(32(25,29)30)20(14)21(22,23)24)16-13-28-18(26-16)9-10-19(27-28)31-4-2/h9-13H,3-8H2,1-2H3,(H2,25,29,30). The van der Waals surface area contributed by atoms with E-state index in [1.54, 1.807) is 12.1 Å². The quantitative estimate of drug-likeness (QED) is 0.462. The Hall–Kier alpha value is -2.66. The summed E-state index contributed by atoms with van der Waals surface area (Å²) in [6.07, 6.45) is -0.251. The summed E-state index contributed by atoms with van der Waals surface area (Å²) in [4.78, 5) is 3.43. The third kappa shape index (κ3) is 5.39. The summed E-state index contributed by atoms with van der Waals surface area (Å²) in [5.74, 6) is 0.359. The maximum atomic E-state index is 13.9. The van der Waals surface area contributed by atoms with Gasteiger partial charge in [0.2, 0.25) is 15.9 Å². The number of rotatable bonds is 9. The summed E-state index contributed by atoms with van der Waals surface area (Å²) in [6.45, 7) is 4.22. The molecule has 174 valence electrons. The van der Waals surface area contributed by atoms with Gasteiger partial charge >= 0.3 is 6.18 Å². The van der Waals surface area contributed by atoms with E-state index < -0.39 is 26.7 Å². The Morgan fingerprint density at radius 1 is 1.12 bits per heavy atom. The molecular weight excluding hydrogens is 445 g/mol. The summed E-state index contributed by atoms with van der Waals surface area (Å²) in [5.41, 5.74) is -0.392. The van der Waals surface area contributed by atoms with E-state index in [0.717, 1.165) is 25.3 Å². The second-order valence-electron chi connectivity index (χ2n) is 7.40. The fraction of sp³-hybridized carbons (Fsp3) is 0.429. The Labute approximate surface area is 184 Å². The number of hydrogen-bond donors (Lipinski definition) is 1. The third-order valence-electron chi connectivity index (χ3n) is 4.96. The Morgan fingerprint density at radius 2 is 1.88 bits per heavy atom. The van der Waals surface area contributed by atoms with E-state index in [1.807, 2.05) is 13.8 Å². The van der Waals surface area contributed by atoms with Crippen molar-refractivity contribution >= 4 is 15.7 Å². The van der Waals surface area contributed by atoms with Crippen molar-refractivity contribution in [2.24, 2.45) is 5.14 Å². The van der Waals surface area contributed by atoms with Gasteiger partial charge in [-0.15, -0.1) is 5.10 Å². The molecule has 2 heterocycles. The molecule has 0 aliphatic rings. The zero-order valence-corrected chi connectivity index (χ0v) is 18.6. The second kappa shape index (κ2) is 9.45. The second-order valence-corrected chi connectivity index (χ2v) is 8.93. The van der Waals surface area contributed by atoms with Crippen LogP contribution in [0.3, 0.4) is 0 Å². The Morgan fingerprint density at radius 3 is 2.50 bits per heavy atom. The molecule has 0 bridgehead atoms. The van der Waals surface area contributed by atoms with Crippen molar-refractivity contribution < 1.29 is 26.3 Å². The summed E-state index contributed by atoms with van der Waals surface area (Å²) >= 11 is 0. The van der Waals surface area contributed by atoms with Gasteiger partial charge in [-0.1, -0.05) is 26.2 Å². The van der Waals surface area contributed by atoms with Gasteiger partial charge in [0.05, 0.1) is 29.0 Å². The minimum Gasteiger partial charge on any atom is -0.477 e. The number of primary sulfonamides is 1. The van der Waals surface area contributed by atoms with Gasteiger partial charge in [-0.05, 0) is 43.5 Å². The minimum absolute atomic E-state index is 0.0747. The molecular formula is C21H25F3N4O3S. The molecule has 0 amide bonds. The number of ether oxygens (including phenoxy) is 1. The average Bonchev–Trinajstić information content (AvgIpc) is 3.13. The lowest BCUT2D eigenvalue weighted by Gasteiger charge is -2.18. The number of nitrogens with two attached hydrogens (primary N) is 1. The topological polar surface area (TPSA) is 99.6 Å². The molecule has 1 aromatic carbocycles. The van der Waals surface area contributed by atoms with Crippen LogP contribution in [0, 0.1) is 0 Å². The highest BCUT2D eigenvalue weighted by molar-refractivity contribution is 7.89. The molecule has 3 aromatic rings. The van der Waals surface area contributed by atoms with E-state index in [2.05, 4.69) is 10.1 Å². The zero-order chi connectivity index (χ0) is 23.5. The maximum Gasteiger partial charge on any atom is 0.417 e. The first-order chi connectivity index (χ1) is 15.0. The molecule has 7 nitrogen and oxygen atoms in total. The molecule has 2 N–H and O–H groups in total. The molecule has 0 unspecified atom stereocenters. The van der Waals surface area contributed by atoms with Crippen LogP contribution in [0.5, 0.6) is 5.88 Å². The predicted octanol–water partition coefficient (Wildman–Crippen LogP) is 4.58. The fourth-order valence-corrected chi connectivity index (χ4v) is 4.36. The monoisotopic (exact) mass is 470 g/mol.